The topological polar surface area (TPSA) is 56.5 Å². The van der Waals surface area contributed by atoms with E-state index in [0.717, 1.165) is 71.1 Å². The van der Waals surface area contributed by atoms with Crippen molar-refractivity contribution >= 4 is 64.4 Å². The van der Waals surface area contributed by atoms with E-state index in [9.17, 15) is 21.6 Å². The van der Waals surface area contributed by atoms with E-state index in [1.807, 2.05) is 84.9 Å². The second-order valence-electron chi connectivity index (χ2n) is 10.8. The van der Waals surface area contributed by atoms with E-state index in [0.29, 0.717) is 5.39 Å². The molecule has 1 aromatic heterocycles. The molecular formula is C37H21F3O4S. The maximum absolute atomic E-state index is 13.1. The third-order valence-electron chi connectivity index (χ3n) is 8.22. The van der Waals surface area contributed by atoms with Gasteiger partial charge >= 0.3 is 15.6 Å². The molecule has 0 bridgehead atoms. The number of hydrogen-bond acceptors (Lipinski definition) is 4. The summed E-state index contributed by atoms with van der Waals surface area (Å²) in [6.45, 7) is 0. The first-order chi connectivity index (χ1) is 21.7. The molecule has 0 aliphatic heterocycles. The van der Waals surface area contributed by atoms with Crippen LogP contribution in [0.2, 0.25) is 0 Å². The van der Waals surface area contributed by atoms with Crippen molar-refractivity contribution in [2.24, 2.45) is 0 Å². The summed E-state index contributed by atoms with van der Waals surface area (Å²) in [6.07, 6.45) is 0. The molecule has 4 nitrogen and oxygen atoms in total. The van der Waals surface area contributed by atoms with Crippen LogP contribution in [0.25, 0.3) is 76.5 Å². The Morgan fingerprint density at radius 1 is 0.533 bits per heavy atom. The van der Waals surface area contributed by atoms with Gasteiger partial charge in [-0.1, -0.05) is 103 Å². The van der Waals surface area contributed by atoms with E-state index in [4.69, 9.17) is 4.42 Å². The molecule has 7 aromatic carbocycles. The Morgan fingerprint density at radius 2 is 1.07 bits per heavy atom. The number of benzene rings is 7. The van der Waals surface area contributed by atoms with Crippen LogP contribution in [0.3, 0.4) is 0 Å². The van der Waals surface area contributed by atoms with E-state index in [1.54, 1.807) is 6.07 Å². The summed E-state index contributed by atoms with van der Waals surface area (Å²) < 4.78 is 73.9. The predicted molar refractivity (Wildman–Crippen MR) is 173 cm³/mol. The molecule has 0 saturated heterocycles. The fraction of sp³-hybridized carbons (Fsp3) is 0.0270. The van der Waals surface area contributed by atoms with E-state index < -0.39 is 21.4 Å². The van der Waals surface area contributed by atoms with Gasteiger partial charge in [0.1, 0.15) is 16.9 Å². The number of rotatable bonds is 4. The average Bonchev–Trinajstić information content (AvgIpc) is 3.42. The fourth-order valence-corrected chi connectivity index (χ4v) is 6.84. The van der Waals surface area contributed by atoms with Gasteiger partial charge in [-0.2, -0.15) is 21.6 Å². The van der Waals surface area contributed by atoms with Crippen LogP contribution >= 0.6 is 0 Å². The lowest BCUT2D eigenvalue weighted by Gasteiger charge is -2.19. The van der Waals surface area contributed by atoms with Crippen molar-refractivity contribution in [3.8, 4) is 28.0 Å². The molecule has 8 rings (SSSR count). The maximum atomic E-state index is 13.1. The lowest BCUT2D eigenvalue weighted by molar-refractivity contribution is -0.0500. The van der Waals surface area contributed by atoms with Crippen molar-refractivity contribution in [3.05, 3.63) is 127 Å². The van der Waals surface area contributed by atoms with Crippen LogP contribution in [-0.2, 0) is 10.1 Å². The molecule has 8 heteroatoms. The molecule has 0 spiro atoms. The Labute approximate surface area is 255 Å². The van der Waals surface area contributed by atoms with Gasteiger partial charge in [0.05, 0.1) is 0 Å². The summed E-state index contributed by atoms with van der Waals surface area (Å²) >= 11 is 0. The Hall–Kier alpha value is -5.34. The standard InChI is InChI=1S/C37H21F3O4S/c38-37(39,40)45(41,42)44-23-20-19-22-9-7-15-28(31(22)21-23)34-24-10-1-3-12-26(24)35(27-13-4-2-11-25(27)34)30-16-8-18-33-36(30)29-14-5-6-17-32(29)43-33/h1-21H. The summed E-state index contributed by atoms with van der Waals surface area (Å²) in [5.41, 5.74) is -0.325. The quantitative estimate of drug-likeness (QED) is 0.112. The summed E-state index contributed by atoms with van der Waals surface area (Å²) in [6, 6.07) is 39.8. The number of halogens is 3. The van der Waals surface area contributed by atoms with Gasteiger partial charge in [0, 0.05) is 10.8 Å². The molecule has 45 heavy (non-hydrogen) atoms. The zero-order valence-electron chi connectivity index (χ0n) is 23.3. The molecule has 0 aliphatic carbocycles. The molecule has 0 fully saturated rings. The molecule has 0 saturated carbocycles. The van der Waals surface area contributed by atoms with Crippen LogP contribution in [0.4, 0.5) is 13.2 Å². The summed E-state index contributed by atoms with van der Waals surface area (Å²) in [5.74, 6) is -0.420. The summed E-state index contributed by atoms with van der Waals surface area (Å²) in [4.78, 5) is 0. The molecule has 0 amide bonds. The van der Waals surface area contributed by atoms with Gasteiger partial charge in [-0.3, -0.25) is 0 Å². The minimum Gasteiger partial charge on any atom is -0.456 e. The number of alkyl halides is 3. The third-order valence-corrected chi connectivity index (χ3v) is 9.19. The van der Waals surface area contributed by atoms with Gasteiger partial charge in [0.2, 0.25) is 0 Å². The van der Waals surface area contributed by atoms with E-state index in [-0.39, 0.29) is 0 Å². The van der Waals surface area contributed by atoms with Crippen molar-refractivity contribution in [3.63, 3.8) is 0 Å². The Kier molecular flexibility index (Phi) is 5.95. The minimum absolute atomic E-state index is 0.420. The highest BCUT2D eigenvalue weighted by molar-refractivity contribution is 7.88. The smallest absolute Gasteiger partial charge is 0.456 e. The highest BCUT2D eigenvalue weighted by Crippen LogP contribution is 2.48. The molecule has 0 aliphatic rings. The molecule has 0 atom stereocenters. The number of fused-ring (bicyclic) bond motifs is 6. The van der Waals surface area contributed by atoms with Gasteiger partial charge in [0.25, 0.3) is 0 Å². The fourth-order valence-electron chi connectivity index (χ4n) is 6.39. The van der Waals surface area contributed by atoms with E-state index in [2.05, 4.69) is 28.4 Å². The van der Waals surface area contributed by atoms with Gasteiger partial charge < -0.3 is 8.60 Å². The van der Waals surface area contributed by atoms with Crippen molar-refractivity contribution in [2.45, 2.75) is 5.51 Å². The van der Waals surface area contributed by atoms with E-state index in [1.165, 1.54) is 12.1 Å². The monoisotopic (exact) mass is 618 g/mol. The maximum Gasteiger partial charge on any atom is 0.534 e. The number of hydrogen-bond donors (Lipinski definition) is 0. The second kappa shape index (κ2) is 9.84. The van der Waals surface area contributed by atoms with Crippen LogP contribution in [0, 0.1) is 0 Å². The Balaban J connectivity index is 1.46. The van der Waals surface area contributed by atoms with Crippen LogP contribution in [-0.4, -0.2) is 13.9 Å². The third kappa shape index (κ3) is 4.24. The SMILES string of the molecule is O=S(=O)(Oc1ccc2cccc(-c3c4ccccc4c(-c4cccc5oc6ccccc6c45)c4ccccc34)c2c1)C(F)(F)F. The molecule has 0 unspecified atom stereocenters. The van der Waals surface area contributed by atoms with Crippen molar-refractivity contribution in [1.82, 2.24) is 0 Å². The van der Waals surface area contributed by atoms with Gasteiger partial charge in [-0.25, -0.2) is 0 Å². The van der Waals surface area contributed by atoms with Gasteiger partial charge in [-0.05, 0) is 78.8 Å². The molecule has 1 heterocycles. The summed E-state index contributed by atoms with van der Waals surface area (Å²) in [5, 5.41) is 7.11. The molecular weight excluding hydrogens is 597 g/mol. The molecule has 220 valence electrons. The first-order valence-electron chi connectivity index (χ1n) is 14.1. The zero-order chi connectivity index (χ0) is 30.9. The molecule has 0 radical (unpaired) electrons. The Bertz CT molecular complexity index is 2530. The number of furan rings is 1. The van der Waals surface area contributed by atoms with E-state index >= 15 is 0 Å². The predicted octanol–water partition coefficient (Wildman–Crippen LogP) is 10.6. The highest BCUT2D eigenvalue weighted by Gasteiger charge is 2.48. The van der Waals surface area contributed by atoms with Gasteiger partial charge in [0.15, 0.2) is 0 Å². The van der Waals surface area contributed by atoms with Crippen LogP contribution in [0.15, 0.2) is 132 Å². The second-order valence-corrected chi connectivity index (χ2v) is 12.3. The highest BCUT2D eigenvalue weighted by atomic mass is 32.2. The first kappa shape index (κ1) is 27.2. The van der Waals surface area contributed by atoms with Gasteiger partial charge in [-0.15, -0.1) is 0 Å². The van der Waals surface area contributed by atoms with Crippen LogP contribution in [0.1, 0.15) is 0 Å². The molecule has 0 N–H and O–H groups in total. The lowest BCUT2D eigenvalue weighted by Crippen LogP contribution is -2.28. The number of para-hydroxylation sites is 1. The minimum atomic E-state index is -5.84. The Morgan fingerprint density at radius 3 is 1.71 bits per heavy atom. The largest absolute Gasteiger partial charge is 0.534 e. The lowest BCUT2D eigenvalue weighted by atomic mass is 9.84. The zero-order valence-corrected chi connectivity index (χ0v) is 24.1. The average molecular weight is 619 g/mol. The normalized spacial score (nSPS) is 12.5. The van der Waals surface area contributed by atoms with Crippen molar-refractivity contribution in [1.29, 1.82) is 0 Å². The molecule has 8 aromatic rings. The van der Waals surface area contributed by atoms with Crippen LogP contribution < -0.4 is 4.18 Å². The van der Waals surface area contributed by atoms with Crippen molar-refractivity contribution in [2.75, 3.05) is 0 Å². The van der Waals surface area contributed by atoms with Crippen molar-refractivity contribution < 1.29 is 30.2 Å². The summed E-state index contributed by atoms with van der Waals surface area (Å²) in [7, 11) is -5.84. The first-order valence-corrected chi connectivity index (χ1v) is 15.5. The van der Waals surface area contributed by atoms with Crippen LogP contribution in [0.5, 0.6) is 5.75 Å².